The van der Waals surface area contributed by atoms with Crippen molar-refractivity contribution in [3.05, 3.63) is 10.6 Å². The summed E-state index contributed by atoms with van der Waals surface area (Å²) in [6, 6.07) is 0.459. The van der Waals surface area contributed by atoms with Crippen molar-refractivity contribution in [3.63, 3.8) is 0 Å². The van der Waals surface area contributed by atoms with Gasteiger partial charge in [0.1, 0.15) is 4.88 Å². The van der Waals surface area contributed by atoms with Crippen molar-refractivity contribution in [3.8, 4) is 0 Å². The zero-order valence-electron chi connectivity index (χ0n) is 12.8. The smallest absolute Gasteiger partial charge is 0.358 e. The third-order valence-electron chi connectivity index (χ3n) is 3.81. The molecule has 1 saturated heterocycles. The number of carbonyl (C=O) groups excluding carboxylic acids is 2. The van der Waals surface area contributed by atoms with E-state index in [0.29, 0.717) is 10.9 Å². The third kappa shape index (κ3) is 3.43. The monoisotopic (exact) mass is 310 g/mol. The lowest BCUT2D eigenvalue weighted by molar-refractivity contribution is 0.0591. The van der Waals surface area contributed by atoms with Crippen LogP contribution in [0.25, 0.3) is 0 Å². The van der Waals surface area contributed by atoms with Crippen molar-refractivity contribution in [1.29, 1.82) is 0 Å². The van der Waals surface area contributed by atoms with Gasteiger partial charge in [0.25, 0.3) is 0 Å². The van der Waals surface area contributed by atoms with Gasteiger partial charge in [-0.3, -0.25) is 4.79 Å². The molecule has 0 saturated carbocycles. The molecule has 0 bridgehead atoms. The van der Waals surface area contributed by atoms with Crippen molar-refractivity contribution in [2.75, 3.05) is 18.6 Å². The molecule has 2 heterocycles. The molecule has 0 spiro atoms. The summed E-state index contributed by atoms with van der Waals surface area (Å²) < 4.78 is 4.74. The lowest BCUT2D eigenvalue weighted by Gasteiger charge is -2.35. The fraction of sp³-hybridized carbons (Fsp3) is 0.667. The first-order chi connectivity index (χ1) is 10.1. The summed E-state index contributed by atoms with van der Waals surface area (Å²) in [6.07, 6.45) is 5.74. The topological polar surface area (TPSA) is 59.5 Å². The van der Waals surface area contributed by atoms with Crippen molar-refractivity contribution in [1.82, 2.24) is 4.98 Å². The van der Waals surface area contributed by atoms with Crippen LogP contribution in [0.4, 0.5) is 5.13 Å². The average Bonchev–Trinajstić information content (AvgIpc) is 2.92. The number of nitrogens with zero attached hydrogens (tertiary/aromatic N) is 2. The molecule has 0 aliphatic carbocycles. The Morgan fingerprint density at radius 1 is 1.43 bits per heavy atom. The number of methoxy groups -OCH3 is 1. The number of anilines is 1. The van der Waals surface area contributed by atoms with Crippen LogP contribution in [0.5, 0.6) is 0 Å². The number of hydrogen-bond donors (Lipinski definition) is 0. The number of piperidine rings is 1. The van der Waals surface area contributed by atoms with Gasteiger partial charge < -0.3 is 9.64 Å². The molecule has 1 atom stereocenters. The van der Waals surface area contributed by atoms with E-state index in [9.17, 15) is 9.59 Å². The van der Waals surface area contributed by atoms with Crippen LogP contribution < -0.4 is 4.90 Å². The SMILES string of the molecule is CCCC1CCCCN1c1nc(C(=O)OC)c(C(C)=O)s1. The molecule has 0 N–H and O–H groups in total. The minimum absolute atomic E-state index is 0.136. The number of thiazole rings is 1. The minimum atomic E-state index is -0.535. The van der Waals surface area contributed by atoms with E-state index in [-0.39, 0.29) is 11.5 Å². The second-order valence-corrected chi connectivity index (χ2v) is 6.33. The summed E-state index contributed by atoms with van der Waals surface area (Å²) in [6.45, 7) is 4.58. The second kappa shape index (κ2) is 7.02. The highest BCUT2D eigenvalue weighted by Gasteiger charge is 2.28. The standard InChI is InChI=1S/C15H22N2O3S/c1-4-7-11-8-5-6-9-17(11)15-16-12(14(19)20-3)13(21-15)10(2)18/h11H,4-9H2,1-3H3. The fourth-order valence-electron chi connectivity index (χ4n) is 2.79. The molecule has 6 heteroatoms. The summed E-state index contributed by atoms with van der Waals surface area (Å²) in [5.74, 6) is -0.671. The van der Waals surface area contributed by atoms with Crippen molar-refractivity contribution < 1.29 is 14.3 Å². The van der Waals surface area contributed by atoms with Gasteiger partial charge in [0.15, 0.2) is 16.6 Å². The van der Waals surface area contributed by atoms with Gasteiger partial charge in [-0.2, -0.15) is 0 Å². The summed E-state index contributed by atoms with van der Waals surface area (Å²) in [4.78, 5) is 30.6. The second-order valence-electron chi connectivity index (χ2n) is 5.35. The Morgan fingerprint density at radius 2 is 2.19 bits per heavy atom. The highest BCUT2D eigenvalue weighted by molar-refractivity contribution is 7.17. The molecule has 116 valence electrons. The molecule has 0 amide bonds. The Labute approximate surface area is 129 Å². The molecule has 1 aromatic rings. The summed E-state index contributed by atoms with van der Waals surface area (Å²) in [5, 5.41) is 0.777. The number of Topliss-reactive ketones (excluding diaryl/α,β-unsaturated/α-hetero) is 1. The summed E-state index contributed by atoms with van der Waals surface area (Å²) >= 11 is 1.31. The van der Waals surface area contributed by atoms with Crippen LogP contribution in [0.3, 0.4) is 0 Å². The summed E-state index contributed by atoms with van der Waals surface area (Å²) in [5.41, 5.74) is 0.158. The molecule has 2 rings (SSSR count). The van der Waals surface area contributed by atoms with Crippen molar-refractivity contribution in [2.24, 2.45) is 0 Å². The van der Waals surface area contributed by atoms with E-state index in [1.54, 1.807) is 0 Å². The number of esters is 1. The van der Waals surface area contributed by atoms with Crippen LogP contribution >= 0.6 is 11.3 Å². The predicted molar refractivity (Wildman–Crippen MR) is 83.4 cm³/mol. The number of ether oxygens (including phenoxy) is 1. The van der Waals surface area contributed by atoms with Gasteiger partial charge in [-0.05, 0) is 25.7 Å². The molecule has 0 radical (unpaired) electrons. The van der Waals surface area contributed by atoms with E-state index in [0.717, 1.165) is 37.4 Å². The van der Waals surface area contributed by atoms with E-state index >= 15 is 0 Å². The van der Waals surface area contributed by atoms with Gasteiger partial charge in [0.2, 0.25) is 0 Å². The van der Waals surface area contributed by atoms with Gasteiger partial charge in [-0.15, -0.1) is 0 Å². The lowest BCUT2D eigenvalue weighted by Crippen LogP contribution is -2.39. The van der Waals surface area contributed by atoms with Crippen molar-refractivity contribution in [2.45, 2.75) is 52.0 Å². The van der Waals surface area contributed by atoms with E-state index in [4.69, 9.17) is 4.74 Å². The predicted octanol–water partition coefficient (Wildman–Crippen LogP) is 3.29. The van der Waals surface area contributed by atoms with Gasteiger partial charge in [-0.1, -0.05) is 24.7 Å². The molecule has 1 aliphatic rings. The Morgan fingerprint density at radius 3 is 2.81 bits per heavy atom. The zero-order chi connectivity index (χ0) is 15.4. The first-order valence-corrected chi connectivity index (χ1v) is 8.26. The normalized spacial score (nSPS) is 18.6. The Kier molecular flexibility index (Phi) is 5.33. The third-order valence-corrected chi connectivity index (χ3v) is 5.00. The quantitative estimate of drug-likeness (QED) is 0.617. The van der Waals surface area contributed by atoms with Gasteiger partial charge in [-0.25, -0.2) is 9.78 Å². The first-order valence-electron chi connectivity index (χ1n) is 7.45. The maximum absolute atomic E-state index is 11.8. The molecule has 0 aromatic carbocycles. The van der Waals surface area contributed by atoms with Gasteiger partial charge in [0, 0.05) is 19.5 Å². The van der Waals surface area contributed by atoms with Crippen LogP contribution in [0, 0.1) is 0 Å². The number of ketones is 1. The minimum Gasteiger partial charge on any atom is -0.464 e. The molecule has 21 heavy (non-hydrogen) atoms. The maximum Gasteiger partial charge on any atom is 0.358 e. The maximum atomic E-state index is 11.8. The summed E-state index contributed by atoms with van der Waals surface area (Å²) in [7, 11) is 1.31. The Hall–Kier alpha value is -1.43. The highest BCUT2D eigenvalue weighted by Crippen LogP contribution is 2.33. The van der Waals surface area contributed by atoms with E-state index < -0.39 is 5.97 Å². The number of rotatable bonds is 5. The van der Waals surface area contributed by atoms with E-state index in [2.05, 4.69) is 16.8 Å². The molecule has 1 aromatic heterocycles. The Bertz CT molecular complexity index is 525. The fourth-order valence-corrected chi connectivity index (χ4v) is 3.84. The number of carbonyl (C=O) groups is 2. The van der Waals surface area contributed by atoms with Crippen LogP contribution in [-0.2, 0) is 4.74 Å². The lowest BCUT2D eigenvalue weighted by atomic mass is 9.99. The largest absolute Gasteiger partial charge is 0.464 e. The molecule has 1 fully saturated rings. The van der Waals surface area contributed by atoms with Crippen molar-refractivity contribution >= 4 is 28.2 Å². The molecule has 1 unspecified atom stereocenters. The van der Waals surface area contributed by atoms with Gasteiger partial charge in [0.05, 0.1) is 7.11 Å². The van der Waals surface area contributed by atoms with Crippen LogP contribution in [0.1, 0.15) is 66.1 Å². The molecule has 5 nitrogen and oxygen atoms in total. The van der Waals surface area contributed by atoms with Crippen LogP contribution in [-0.4, -0.2) is 36.4 Å². The van der Waals surface area contributed by atoms with Gasteiger partial charge >= 0.3 is 5.97 Å². The van der Waals surface area contributed by atoms with E-state index in [1.165, 1.54) is 31.8 Å². The molecular formula is C15H22N2O3S. The average molecular weight is 310 g/mol. The molecular weight excluding hydrogens is 288 g/mol. The molecule has 1 aliphatic heterocycles. The first kappa shape index (κ1) is 15.9. The Balaban J connectivity index is 2.34. The van der Waals surface area contributed by atoms with Crippen LogP contribution in [0.2, 0.25) is 0 Å². The van der Waals surface area contributed by atoms with Crippen LogP contribution in [0.15, 0.2) is 0 Å². The number of hydrogen-bond acceptors (Lipinski definition) is 6. The number of aromatic nitrogens is 1. The van der Waals surface area contributed by atoms with E-state index in [1.807, 2.05) is 0 Å². The zero-order valence-corrected chi connectivity index (χ0v) is 13.7. The highest BCUT2D eigenvalue weighted by atomic mass is 32.1.